The van der Waals surface area contributed by atoms with E-state index in [-0.39, 0.29) is 41.3 Å². The van der Waals surface area contributed by atoms with Crippen molar-refractivity contribution in [1.29, 1.82) is 0 Å². The van der Waals surface area contributed by atoms with E-state index in [1.165, 1.54) is 0 Å². The zero-order valence-corrected chi connectivity index (χ0v) is 29.3. The number of carbonyl (C=O) groups excluding carboxylic acids is 2. The molecule has 1 saturated carbocycles. The average Bonchev–Trinajstić information content (AvgIpc) is 3.63. The summed E-state index contributed by atoms with van der Waals surface area (Å²) in [4.78, 5) is 35.1. The van der Waals surface area contributed by atoms with Crippen LogP contribution in [0, 0.1) is 16.7 Å². The third-order valence-corrected chi connectivity index (χ3v) is 9.53. The quantitative estimate of drug-likeness (QED) is 0.244. The maximum absolute atomic E-state index is 14.7. The van der Waals surface area contributed by atoms with Crippen LogP contribution in [0.1, 0.15) is 127 Å². The van der Waals surface area contributed by atoms with Crippen LogP contribution in [0.25, 0.3) is 0 Å². The first-order valence-corrected chi connectivity index (χ1v) is 17.0. The van der Waals surface area contributed by atoms with Crippen LogP contribution in [0.5, 0.6) is 5.75 Å². The van der Waals surface area contributed by atoms with Gasteiger partial charge in [-0.2, -0.15) is 5.21 Å². The fourth-order valence-corrected chi connectivity index (χ4v) is 6.88. The van der Waals surface area contributed by atoms with Gasteiger partial charge in [0.15, 0.2) is 5.82 Å². The van der Waals surface area contributed by atoms with Crippen LogP contribution >= 0.6 is 0 Å². The van der Waals surface area contributed by atoms with Gasteiger partial charge in [0, 0.05) is 11.1 Å². The molecule has 2 amide bonds. The molecule has 2 aromatic carbocycles. The van der Waals surface area contributed by atoms with Gasteiger partial charge in [0.25, 0.3) is 11.8 Å². The van der Waals surface area contributed by atoms with E-state index in [0.29, 0.717) is 23.0 Å². The van der Waals surface area contributed by atoms with Crippen LogP contribution in [-0.4, -0.2) is 54.8 Å². The third-order valence-electron chi connectivity index (χ3n) is 9.53. The lowest BCUT2D eigenvalue weighted by molar-refractivity contribution is -0.134. The van der Waals surface area contributed by atoms with E-state index in [9.17, 15) is 9.59 Å². The Labute approximate surface area is 279 Å². The van der Waals surface area contributed by atoms with Crippen molar-refractivity contribution in [2.45, 2.75) is 118 Å². The molecule has 0 saturated heterocycles. The molecule has 1 spiro atoms. The summed E-state index contributed by atoms with van der Waals surface area (Å²) in [5.41, 5.74) is 2.52. The molecule has 2 heterocycles. The van der Waals surface area contributed by atoms with E-state index in [1.54, 1.807) is 0 Å². The number of nitrogens with one attached hydrogen (secondary N) is 2. The number of nitrogens with zero attached hydrogens (tertiary/aromatic N) is 5. The van der Waals surface area contributed by atoms with Crippen molar-refractivity contribution in [1.82, 2.24) is 30.8 Å². The number of rotatable bonds is 10. The van der Waals surface area contributed by atoms with E-state index in [0.717, 1.165) is 55.4 Å². The molecule has 1 aromatic heterocycles. The summed E-state index contributed by atoms with van der Waals surface area (Å²) in [5.74, 6) is 1.50. The van der Waals surface area contributed by atoms with Gasteiger partial charge < -0.3 is 15.0 Å². The number of hydrogen-bond donors (Lipinski definition) is 2. The molecule has 10 heteroatoms. The van der Waals surface area contributed by atoms with Crippen LogP contribution < -0.4 is 10.1 Å². The molecule has 1 aliphatic carbocycles. The number of benzene rings is 2. The van der Waals surface area contributed by atoms with Crippen molar-refractivity contribution < 1.29 is 14.3 Å². The zero-order chi connectivity index (χ0) is 34.0. The summed E-state index contributed by atoms with van der Waals surface area (Å²) in [6.45, 7) is 17.8. The fourth-order valence-electron chi connectivity index (χ4n) is 6.88. The van der Waals surface area contributed by atoms with Crippen molar-refractivity contribution in [2.24, 2.45) is 21.7 Å². The number of carbonyl (C=O) groups is 2. The molecule has 0 bridgehead atoms. The van der Waals surface area contributed by atoms with Gasteiger partial charge in [-0.15, -0.1) is 10.2 Å². The lowest BCUT2D eigenvalue weighted by Gasteiger charge is -2.47. The lowest BCUT2D eigenvalue weighted by Crippen LogP contribution is -2.51. The van der Waals surface area contributed by atoms with Gasteiger partial charge in [-0.25, -0.2) is 0 Å². The van der Waals surface area contributed by atoms with E-state index in [2.05, 4.69) is 72.4 Å². The first-order chi connectivity index (χ1) is 22.1. The standard InChI is InChI=1S/C37H51N7O3/c1-24(2)47-29-15-13-26(14-16-29)32-34(46)44(37(39-32)21-17-28(18-22-37)36(6,7)8)30(19-20-35(3,4)5)25-9-11-27(12-10-25)33(45)38-23-31-40-42-43-41-31/h9-16,24,28,30H,17-23H2,1-8H3,(H,38,45)(H,40,41,42,43). The van der Waals surface area contributed by atoms with Crippen LogP contribution in [0.3, 0.4) is 0 Å². The van der Waals surface area contributed by atoms with Crippen molar-refractivity contribution in [3.63, 3.8) is 0 Å². The monoisotopic (exact) mass is 641 g/mol. The Balaban J connectivity index is 1.49. The Hall–Kier alpha value is -4.08. The van der Waals surface area contributed by atoms with E-state index in [1.807, 2.05) is 62.4 Å². The van der Waals surface area contributed by atoms with Crippen molar-refractivity contribution in [3.8, 4) is 5.75 Å². The minimum Gasteiger partial charge on any atom is -0.491 e. The van der Waals surface area contributed by atoms with Crippen molar-refractivity contribution >= 4 is 17.5 Å². The minimum absolute atomic E-state index is 0.0300. The van der Waals surface area contributed by atoms with E-state index >= 15 is 0 Å². The normalized spacial score (nSPS) is 20.9. The molecule has 1 atom stereocenters. The highest BCUT2D eigenvalue weighted by molar-refractivity contribution is 6.46. The number of aliphatic imine (C=N–C) groups is 1. The SMILES string of the molecule is CC(C)Oc1ccc(C2=NC3(CCC(C(C)(C)C)CC3)N(C(CCC(C)(C)C)c3ccc(C(=O)NCc4nn[nH]n4)cc3)C2=O)cc1. The summed E-state index contributed by atoms with van der Waals surface area (Å²) in [6, 6.07) is 15.2. The van der Waals surface area contributed by atoms with Gasteiger partial charge >= 0.3 is 0 Å². The van der Waals surface area contributed by atoms with Crippen LogP contribution in [0.15, 0.2) is 53.5 Å². The van der Waals surface area contributed by atoms with Crippen molar-refractivity contribution in [3.05, 3.63) is 71.0 Å². The van der Waals surface area contributed by atoms with Gasteiger partial charge in [0.1, 0.15) is 17.1 Å². The Morgan fingerprint density at radius 1 is 1.02 bits per heavy atom. The number of aromatic nitrogens is 4. The predicted molar refractivity (Wildman–Crippen MR) is 183 cm³/mol. The molecule has 2 aliphatic rings. The molecular formula is C37H51N7O3. The number of amides is 2. The Morgan fingerprint density at radius 3 is 2.23 bits per heavy atom. The molecule has 10 nitrogen and oxygen atoms in total. The summed E-state index contributed by atoms with van der Waals surface area (Å²) in [5, 5.41) is 16.6. The molecular weight excluding hydrogens is 590 g/mol. The van der Waals surface area contributed by atoms with Gasteiger partial charge in [-0.05, 0) is 111 Å². The molecule has 1 unspecified atom stereocenters. The molecule has 0 radical (unpaired) electrons. The molecule has 47 heavy (non-hydrogen) atoms. The molecule has 2 N–H and O–H groups in total. The first kappa shape index (κ1) is 34.3. The summed E-state index contributed by atoms with van der Waals surface area (Å²) < 4.78 is 5.88. The highest BCUT2D eigenvalue weighted by Crippen LogP contribution is 2.50. The topological polar surface area (TPSA) is 125 Å². The Morgan fingerprint density at radius 2 is 1.68 bits per heavy atom. The average molecular weight is 642 g/mol. The largest absolute Gasteiger partial charge is 0.491 e. The van der Waals surface area contributed by atoms with Crippen LogP contribution in [0.4, 0.5) is 0 Å². The maximum atomic E-state index is 14.7. The van der Waals surface area contributed by atoms with E-state index in [4.69, 9.17) is 9.73 Å². The molecule has 1 aliphatic heterocycles. The summed E-state index contributed by atoms with van der Waals surface area (Å²) in [6.07, 6.45) is 5.43. The fraction of sp³-hybridized carbons (Fsp3) is 0.568. The molecule has 1 fully saturated rings. The minimum atomic E-state index is -0.621. The van der Waals surface area contributed by atoms with Crippen LogP contribution in [0.2, 0.25) is 0 Å². The zero-order valence-electron chi connectivity index (χ0n) is 29.3. The second-order valence-electron chi connectivity index (χ2n) is 15.7. The molecule has 252 valence electrons. The highest BCUT2D eigenvalue weighted by Gasteiger charge is 2.52. The Bertz CT molecular complexity index is 1540. The summed E-state index contributed by atoms with van der Waals surface area (Å²) in [7, 11) is 0. The molecule has 5 rings (SSSR count). The number of hydrogen-bond acceptors (Lipinski definition) is 7. The van der Waals surface area contributed by atoms with Gasteiger partial charge in [0.05, 0.1) is 18.7 Å². The number of tetrazole rings is 1. The van der Waals surface area contributed by atoms with Gasteiger partial charge in [0.2, 0.25) is 0 Å². The number of H-pyrrole nitrogens is 1. The van der Waals surface area contributed by atoms with Crippen molar-refractivity contribution in [2.75, 3.05) is 0 Å². The van der Waals surface area contributed by atoms with E-state index < -0.39 is 5.66 Å². The third kappa shape index (κ3) is 8.08. The van der Waals surface area contributed by atoms with Gasteiger partial charge in [-0.1, -0.05) is 58.9 Å². The first-order valence-electron chi connectivity index (χ1n) is 17.0. The number of aromatic amines is 1. The van der Waals surface area contributed by atoms with Crippen LogP contribution in [-0.2, 0) is 11.3 Å². The van der Waals surface area contributed by atoms with Gasteiger partial charge in [-0.3, -0.25) is 14.6 Å². The second kappa shape index (κ2) is 13.6. The lowest BCUT2D eigenvalue weighted by atomic mass is 9.69. The summed E-state index contributed by atoms with van der Waals surface area (Å²) >= 11 is 0. The predicted octanol–water partition coefficient (Wildman–Crippen LogP) is 7.05. The highest BCUT2D eigenvalue weighted by atomic mass is 16.5. The second-order valence-corrected chi connectivity index (χ2v) is 15.7. The Kier molecular flexibility index (Phi) is 9.89. The molecule has 3 aromatic rings. The smallest absolute Gasteiger partial charge is 0.275 e. The maximum Gasteiger partial charge on any atom is 0.275 e. The number of ether oxygens (including phenoxy) is 1.